The van der Waals surface area contributed by atoms with Crippen molar-refractivity contribution < 1.29 is 19.3 Å². The highest BCUT2D eigenvalue weighted by Gasteiger charge is 2.45. The van der Waals surface area contributed by atoms with Gasteiger partial charge in [0.1, 0.15) is 18.2 Å². The number of hydrogen-bond acceptors (Lipinski definition) is 3. The van der Waals surface area contributed by atoms with E-state index in [9.17, 15) is 14.7 Å². The van der Waals surface area contributed by atoms with Gasteiger partial charge in [-0.3, -0.25) is 14.6 Å². The molecule has 1 aliphatic heterocycles. The van der Waals surface area contributed by atoms with Gasteiger partial charge in [-0.15, -0.1) is 0 Å². The number of rotatable bonds is 6. The lowest BCUT2D eigenvalue weighted by atomic mass is 9.95. The molecule has 6 heteroatoms. The van der Waals surface area contributed by atoms with Crippen molar-refractivity contribution in [3.63, 3.8) is 0 Å². The lowest BCUT2D eigenvalue weighted by Gasteiger charge is -2.25. The van der Waals surface area contributed by atoms with Gasteiger partial charge in [0.2, 0.25) is 6.33 Å². The molecule has 0 spiro atoms. The zero-order valence-electron chi connectivity index (χ0n) is 16.8. The van der Waals surface area contributed by atoms with Crippen LogP contribution in [0.4, 0.5) is 0 Å². The number of benzene rings is 2. The minimum Gasteiger partial charge on any atom is -0.507 e. The Bertz CT molecular complexity index is 1070. The van der Waals surface area contributed by atoms with E-state index in [1.165, 1.54) is 0 Å². The molecule has 1 fully saturated rings. The van der Waals surface area contributed by atoms with Gasteiger partial charge >= 0.3 is 0 Å². The number of imidazole rings is 1. The van der Waals surface area contributed by atoms with Crippen molar-refractivity contribution in [2.24, 2.45) is 0 Å². The molecule has 3 aromatic rings. The summed E-state index contributed by atoms with van der Waals surface area (Å²) in [6.45, 7) is 3.08. The molecule has 0 saturated carbocycles. The van der Waals surface area contributed by atoms with Crippen LogP contribution in [0.3, 0.4) is 0 Å². The number of Topliss-reactive ketones (excluding diaryl/α,β-unsaturated/α-hetero) is 1. The summed E-state index contributed by atoms with van der Waals surface area (Å²) in [4.78, 5) is 30.4. The second kappa shape index (κ2) is 8.37. The highest BCUT2D eigenvalue weighted by atomic mass is 16.3. The third kappa shape index (κ3) is 3.76. The Labute approximate surface area is 175 Å². The minimum atomic E-state index is -0.642. The summed E-state index contributed by atoms with van der Waals surface area (Å²) in [6.07, 6.45) is 6.28. The molecule has 0 radical (unpaired) electrons. The SMILES string of the molecule is Cc1ccc(/C(O)=C2\C(=O)C(=O)N(CCC[n+]3cc[nH]c3)C2c2ccccc2)cc1. The lowest BCUT2D eigenvalue weighted by molar-refractivity contribution is -0.695. The van der Waals surface area contributed by atoms with E-state index in [0.717, 1.165) is 11.1 Å². The van der Waals surface area contributed by atoms with Crippen LogP contribution in [-0.4, -0.2) is 33.2 Å². The van der Waals surface area contributed by atoms with Crippen LogP contribution in [0.5, 0.6) is 0 Å². The fourth-order valence-electron chi connectivity index (χ4n) is 3.84. The van der Waals surface area contributed by atoms with Crippen molar-refractivity contribution in [2.75, 3.05) is 6.54 Å². The number of likely N-dealkylation sites (tertiary alicyclic amines) is 1. The maximum absolute atomic E-state index is 13.0. The summed E-state index contributed by atoms with van der Waals surface area (Å²) < 4.78 is 1.99. The number of aryl methyl sites for hydroxylation is 2. The van der Waals surface area contributed by atoms with Gasteiger partial charge < -0.3 is 10.0 Å². The van der Waals surface area contributed by atoms with Crippen molar-refractivity contribution in [2.45, 2.75) is 25.9 Å². The third-order valence-electron chi connectivity index (χ3n) is 5.40. The second-order valence-corrected chi connectivity index (χ2v) is 7.47. The molecule has 0 bridgehead atoms. The standard InChI is InChI=1S/C24H23N3O3/c1-17-8-10-19(11-9-17)22(28)20-21(18-6-3-2-4-7-18)27(24(30)23(20)29)14-5-13-26-15-12-25-16-26/h2-4,6-12,15-16,21H,5,13-14H2,1H3,(H,28,29)/p+1. The van der Waals surface area contributed by atoms with Crippen LogP contribution in [0.1, 0.15) is 29.2 Å². The van der Waals surface area contributed by atoms with E-state index in [-0.39, 0.29) is 11.3 Å². The monoisotopic (exact) mass is 402 g/mol. The maximum Gasteiger partial charge on any atom is 0.295 e. The molecule has 152 valence electrons. The van der Waals surface area contributed by atoms with Crippen molar-refractivity contribution >= 4 is 17.4 Å². The number of carbonyl (C=O) groups is 2. The van der Waals surface area contributed by atoms with Gasteiger partial charge in [0, 0.05) is 18.5 Å². The van der Waals surface area contributed by atoms with Gasteiger partial charge in [0.25, 0.3) is 11.7 Å². The highest BCUT2D eigenvalue weighted by molar-refractivity contribution is 6.46. The molecular weight excluding hydrogens is 378 g/mol. The molecule has 30 heavy (non-hydrogen) atoms. The zero-order chi connectivity index (χ0) is 21.1. The normalized spacial score (nSPS) is 18.2. The molecule has 0 aliphatic carbocycles. The molecule has 2 aromatic carbocycles. The van der Waals surface area contributed by atoms with Crippen molar-refractivity contribution in [3.8, 4) is 0 Å². The fourth-order valence-corrected chi connectivity index (χ4v) is 3.84. The quantitative estimate of drug-likeness (QED) is 0.288. The Morgan fingerprint density at radius 2 is 1.83 bits per heavy atom. The number of nitrogens with one attached hydrogen (secondary N) is 1. The van der Waals surface area contributed by atoms with Gasteiger partial charge in [-0.1, -0.05) is 60.2 Å². The first-order chi connectivity index (χ1) is 14.6. The summed E-state index contributed by atoms with van der Waals surface area (Å²) in [5.41, 5.74) is 2.53. The van der Waals surface area contributed by atoms with E-state index >= 15 is 0 Å². The van der Waals surface area contributed by atoms with E-state index in [1.54, 1.807) is 17.0 Å². The van der Waals surface area contributed by atoms with Crippen molar-refractivity contribution in [3.05, 3.63) is 95.6 Å². The summed E-state index contributed by atoms with van der Waals surface area (Å²) in [6, 6.07) is 16.1. The Balaban J connectivity index is 1.71. The summed E-state index contributed by atoms with van der Waals surface area (Å²) in [5, 5.41) is 11.0. The third-order valence-corrected chi connectivity index (χ3v) is 5.40. The van der Waals surface area contributed by atoms with Crippen LogP contribution in [0.15, 0.2) is 78.9 Å². The summed E-state index contributed by atoms with van der Waals surface area (Å²) >= 11 is 0. The molecule has 6 nitrogen and oxygen atoms in total. The fraction of sp³-hybridized carbons (Fsp3) is 0.208. The topological polar surface area (TPSA) is 77.3 Å². The van der Waals surface area contributed by atoms with Crippen LogP contribution < -0.4 is 4.57 Å². The first kappa shape index (κ1) is 19.6. The number of aromatic nitrogens is 2. The van der Waals surface area contributed by atoms with E-state index in [1.807, 2.05) is 72.7 Å². The first-order valence-corrected chi connectivity index (χ1v) is 9.98. The van der Waals surface area contributed by atoms with Crippen LogP contribution >= 0.6 is 0 Å². The van der Waals surface area contributed by atoms with E-state index in [2.05, 4.69) is 4.98 Å². The average molecular weight is 402 g/mol. The van der Waals surface area contributed by atoms with Crippen LogP contribution in [0.2, 0.25) is 0 Å². The van der Waals surface area contributed by atoms with Crippen LogP contribution in [-0.2, 0) is 16.1 Å². The number of ketones is 1. The molecule has 2 N–H and O–H groups in total. The number of aliphatic hydroxyl groups excluding tert-OH is 1. The van der Waals surface area contributed by atoms with Gasteiger partial charge in [-0.05, 0) is 12.5 Å². The predicted molar refractivity (Wildman–Crippen MR) is 112 cm³/mol. The lowest BCUT2D eigenvalue weighted by Crippen LogP contribution is -2.36. The molecule has 4 rings (SSSR count). The van der Waals surface area contributed by atoms with E-state index in [0.29, 0.717) is 25.1 Å². The maximum atomic E-state index is 13.0. The number of aliphatic hydroxyl groups is 1. The summed E-state index contributed by atoms with van der Waals surface area (Å²) in [5.74, 6) is -1.35. The Morgan fingerprint density at radius 3 is 2.50 bits per heavy atom. The minimum absolute atomic E-state index is 0.135. The number of H-pyrrole nitrogens is 1. The number of aromatic amines is 1. The van der Waals surface area contributed by atoms with Crippen molar-refractivity contribution in [1.82, 2.24) is 9.88 Å². The Kier molecular flexibility index (Phi) is 5.48. The van der Waals surface area contributed by atoms with Gasteiger partial charge in [-0.25, -0.2) is 4.57 Å². The molecule has 1 atom stereocenters. The molecule has 1 saturated heterocycles. The molecule has 1 amide bonds. The highest BCUT2D eigenvalue weighted by Crippen LogP contribution is 2.39. The molecule has 1 unspecified atom stereocenters. The smallest absolute Gasteiger partial charge is 0.295 e. The zero-order valence-corrected chi connectivity index (χ0v) is 16.8. The second-order valence-electron chi connectivity index (χ2n) is 7.47. The van der Waals surface area contributed by atoms with E-state index < -0.39 is 17.7 Å². The molecule has 2 heterocycles. The molecular formula is C24H24N3O3+. The largest absolute Gasteiger partial charge is 0.507 e. The predicted octanol–water partition coefficient (Wildman–Crippen LogP) is 3.12. The van der Waals surface area contributed by atoms with Gasteiger partial charge in [-0.2, -0.15) is 0 Å². The van der Waals surface area contributed by atoms with Gasteiger partial charge in [0.05, 0.1) is 18.2 Å². The number of hydrogen-bond donors (Lipinski definition) is 2. The average Bonchev–Trinajstić information content (AvgIpc) is 3.37. The Morgan fingerprint density at radius 1 is 1.10 bits per heavy atom. The number of nitrogens with zero attached hydrogens (tertiary/aromatic N) is 2. The van der Waals surface area contributed by atoms with Gasteiger partial charge in [0.15, 0.2) is 0 Å². The van der Waals surface area contributed by atoms with Crippen LogP contribution in [0.25, 0.3) is 5.76 Å². The number of carbonyl (C=O) groups excluding carboxylic acids is 2. The Hall–Kier alpha value is -3.67. The molecule has 1 aliphatic rings. The summed E-state index contributed by atoms with van der Waals surface area (Å²) in [7, 11) is 0. The van der Waals surface area contributed by atoms with E-state index in [4.69, 9.17) is 0 Å². The van der Waals surface area contributed by atoms with Crippen molar-refractivity contribution in [1.29, 1.82) is 0 Å². The van der Waals surface area contributed by atoms with Crippen LogP contribution in [0, 0.1) is 6.92 Å². The molecule has 1 aromatic heterocycles. The first-order valence-electron chi connectivity index (χ1n) is 9.98. The number of amides is 1.